The Kier molecular flexibility index (Phi) is 5.99. The van der Waals surface area contributed by atoms with Crippen LogP contribution in [0.1, 0.15) is 32.0 Å². The van der Waals surface area contributed by atoms with Gasteiger partial charge in [-0.2, -0.15) is 4.31 Å². The predicted molar refractivity (Wildman–Crippen MR) is 117 cm³/mol. The van der Waals surface area contributed by atoms with E-state index in [1.165, 1.54) is 12.1 Å². The third-order valence-corrected chi connectivity index (χ3v) is 7.64. The van der Waals surface area contributed by atoms with E-state index in [0.717, 1.165) is 30.6 Å². The summed E-state index contributed by atoms with van der Waals surface area (Å²) in [6.07, 6.45) is 2.86. The summed E-state index contributed by atoms with van der Waals surface area (Å²) >= 11 is 6.09. The van der Waals surface area contributed by atoms with E-state index in [0.29, 0.717) is 42.4 Å². The zero-order valence-corrected chi connectivity index (χ0v) is 18.3. The van der Waals surface area contributed by atoms with Crippen molar-refractivity contribution in [3.8, 4) is 0 Å². The third-order valence-electron chi connectivity index (χ3n) is 5.44. The Balaban J connectivity index is 1.63. The Labute approximate surface area is 180 Å². The van der Waals surface area contributed by atoms with Crippen molar-refractivity contribution in [2.45, 2.75) is 44.2 Å². The molecule has 6 nitrogen and oxygen atoms in total. The maximum absolute atomic E-state index is 13.3. The molecule has 0 saturated carbocycles. The highest BCUT2D eigenvalue weighted by atomic mass is 35.5. The Hall–Kier alpha value is -2.16. The molecule has 1 aromatic heterocycles. The zero-order chi connectivity index (χ0) is 21.3. The first-order chi connectivity index (χ1) is 14.4. The van der Waals surface area contributed by atoms with Gasteiger partial charge in [-0.15, -0.1) is 0 Å². The van der Waals surface area contributed by atoms with E-state index in [2.05, 4.69) is 10.3 Å². The van der Waals surface area contributed by atoms with Gasteiger partial charge in [0.25, 0.3) is 0 Å². The topological polar surface area (TPSA) is 67.2 Å². The van der Waals surface area contributed by atoms with Gasteiger partial charge in [0.1, 0.15) is 11.6 Å². The van der Waals surface area contributed by atoms with Crippen LogP contribution in [0.4, 0.5) is 10.1 Å². The molecule has 1 aliphatic heterocycles. The molecule has 1 aliphatic rings. The lowest BCUT2D eigenvalue weighted by Gasteiger charge is -2.25. The van der Waals surface area contributed by atoms with Gasteiger partial charge >= 0.3 is 0 Å². The molecule has 0 aliphatic carbocycles. The van der Waals surface area contributed by atoms with Crippen molar-refractivity contribution in [3.63, 3.8) is 0 Å². The van der Waals surface area contributed by atoms with Crippen molar-refractivity contribution in [1.82, 2.24) is 13.9 Å². The first kappa shape index (κ1) is 21.1. The number of nitrogens with zero attached hydrogens (tertiary/aromatic N) is 3. The summed E-state index contributed by atoms with van der Waals surface area (Å²) in [4.78, 5) is 4.94. The average molecular weight is 451 g/mol. The van der Waals surface area contributed by atoms with Crippen LogP contribution in [0.25, 0.3) is 11.0 Å². The fraction of sp³-hybridized carbons (Fsp3) is 0.381. The van der Waals surface area contributed by atoms with Crippen molar-refractivity contribution in [3.05, 3.63) is 53.1 Å². The van der Waals surface area contributed by atoms with Crippen LogP contribution >= 0.6 is 11.6 Å². The van der Waals surface area contributed by atoms with Gasteiger partial charge in [-0.1, -0.05) is 18.0 Å². The number of hydrogen-bond acceptors (Lipinski definition) is 4. The number of nitrogens with one attached hydrogen (secondary N) is 1. The number of piperidine rings is 1. The monoisotopic (exact) mass is 450 g/mol. The quantitative estimate of drug-likeness (QED) is 0.594. The Morgan fingerprint density at radius 2 is 1.90 bits per heavy atom. The van der Waals surface area contributed by atoms with Gasteiger partial charge in [-0.3, -0.25) is 0 Å². The van der Waals surface area contributed by atoms with Crippen LogP contribution in [0, 0.1) is 5.82 Å². The summed E-state index contributed by atoms with van der Waals surface area (Å²) in [6, 6.07) is 9.31. The molecule has 2 heterocycles. The molecule has 0 unspecified atom stereocenters. The van der Waals surface area contributed by atoms with Crippen molar-refractivity contribution in [1.29, 1.82) is 0 Å². The first-order valence-corrected chi connectivity index (χ1v) is 11.9. The molecule has 1 N–H and O–H groups in total. The molecule has 30 heavy (non-hydrogen) atoms. The normalized spacial score (nSPS) is 15.6. The van der Waals surface area contributed by atoms with E-state index in [-0.39, 0.29) is 4.90 Å². The summed E-state index contributed by atoms with van der Waals surface area (Å²) < 4.78 is 42.8. The summed E-state index contributed by atoms with van der Waals surface area (Å²) in [6.45, 7) is 4.20. The largest absolute Gasteiger partial charge is 0.377 e. The number of hydrogen-bond donors (Lipinski definition) is 1. The highest BCUT2D eigenvalue weighted by molar-refractivity contribution is 7.89. The SMILES string of the molecule is CCn1c(CNc2ccc(F)cc2Cl)nc2cc(S(=O)(=O)N3CCCCC3)ccc21. The second-order valence-corrected chi connectivity index (χ2v) is 9.71. The minimum atomic E-state index is -3.51. The number of benzene rings is 2. The van der Waals surface area contributed by atoms with Crippen LogP contribution in [0.3, 0.4) is 0 Å². The molecule has 2 aromatic carbocycles. The van der Waals surface area contributed by atoms with Gasteiger partial charge in [-0.05, 0) is 56.2 Å². The lowest BCUT2D eigenvalue weighted by atomic mass is 10.2. The zero-order valence-electron chi connectivity index (χ0n) is 16.7. The van der Waals surface area contributed by atoms with E-state index >= 15 is 0 Å². The van der Waals surface area contributed by atoms with E-state index in [4.69, 9.17) is 11.6 Å². The number of halogens is 2. The fourth-order valence-electron chi connectivity index (χ4n) is 3.87. The molecular weight excluding hydrogens is 427 g/mol. The molecule has 0 atom stereocenters. The number of aryl methyl sites for hydroxylation is 1. The molecule has 0 radical (unpaired) electrons. The van der Waals surface area contributed by atoms with E-state index in [9.17, 15) is 12.8 Å². The summed E-state index contributed by atoms with van der Waals surface area (Å²) in [5, 5.41) is 3.48. The van der Waals surface area contributed by atoms with E-state index in [1.54, 1.807) is 22.5 Å². The summed E-state index contributed by atoms with van der Waals surface area (Å²) in [7, 11) is -3.51. The van der Waals surface area contributed by atoms with Crippen molar-refractivity contribution in [2.75, 3.05) is 18.4 Å². The molecule has 1 fully saturated rings. The molecule has 1 saturated heterocycles. The lowest BCUT2D eigenvalue weighted by Crippen LogP contribution is -2.35. The maximum Gasteiger partial charge on any atom is 0.243 e. The number of aromatic nitrogens is 2. The fourth-order valence-corrected chi connectivity index (χ4v) is 5.64. The highest BCUT2D eigenvalue weighted by Gasteiger charge is 2.26. The molecule has 9 heteroatoms. The average Bonchev–Trinajstić information content (AvgIpc) is 3.10. The first-order valence-electron chi connectivity index (χ1n) is 10.1. The summed E-state index contributed by atoms with van der Waals surface area (Å²) in [5.74, 6) is 0.356. The van der Waals surface area contributed by atoms with Gasteiger partial charge in [0.05, 0.1) is 33.2 Å². The van der Waals surface area contributed by atoms with E-state index < -0.39 is 15.8 Å². The maximum atomic E-state index is 13.3. The molecule has 0 bridgehead atoms. The van der Waals surface area contributed by atoms with Gasteiger partial charge < -0.3 is 9.88 Å². The summed E-state index contributed by atoms with van der Waals surface area (Å²) in [5.41, 5.74) is 2.12. The van der Waals surface area contributed by atoms with Crippen LogP contribution in [0.5, 0.6) is 0 Å². The van der Waals surface area contributed by atoms with Crippen LogP contribution in [-0.2, 0) is 23.1 Å². The van der Waals surface area contributed by atoms with Gasteiger partial charge in [0.15, 0.2) is 0 Å². The second-order valence-electron chi connectivity index (χ2n) is 7.37. The van der Waals surface area contributed by atoms with Gasteiger partial charge in [-0.25, -0.2) is 17.8 Å². The standard InChI is InChI=1S/C21H24ClFN4O2S/c1-2-27-20-9-7-16(30(28,29)26-10-4-3-5-11-26)13-19(20)25-21(27)14-24-18-8-6-15(23)12-17(18)22/h6-9,12-13,24H,2-5,10-11,14H2,1H3. The lowest BCUT2D eigenvalue weighted by molar-refractivity contribution is 0.346. The smallest absolute Gasteiger partial charge is 0.243 e. The molecule has 0 spiro atoms. The van der Waals surface area contributed by atoms with Crippen molar-refractivity contribution >= 4 is 38.3 Å². The number of fused-ring (bicyclic) bond motifs is 1. The van der Waals surface area contributed by atoms with Crippen molar-refractivity contribution in [2.24, 2.45) is 0 Å². The van der Waals surface area contributed by atoms with Crippen molar-refractivity contribution < 1.29 is 12.8 Å². The van der Waals surface area contributed by atoms with Crippen LogP contribution < -0.4 is 5.32 Å². The highest BCUT2D eigenvalue weighted by Crippen LogP contribution is 2.26. The number of anilines is 1. The van der Waals surface area contributed by atoms with Crippen LogP contribution in [0.2, 0.25) is 5.02 Å². The second kappa shape index (κ2) is 8.53. The Morgan fingerprint density at radius 1 is 1.13 bits per heavy atom. The molecule has 0 amide bonds. The molecular formula is C21H24ClFN4O2S. The predicted octanol–water partition coefficient (Wildman–Crippen LogP) is 4.64. The minimum absolute atomic E-state index is 0.277. The minimum Gasteiger partial charge on any atom is -0.377 e. The van der Waals surface area contributed by atoms with Gasteiger partial charge in [0.2, 0.25) is 10.0 Å². The van der Waals surface area contributed by atoms with Crippen LogP contribution in [0.15, 0.2) is 41.3 Å². The Bertz CT molecular complexity index is 1170. The van der Waals surface area contributed by atoms with Crippen LogP contribution in [-0.4, -0.2) is 35.4 Å². The Morgan fingerprint density at radius 3 is 2.60 bits per heavy atom. The van der Waals surface area contributed by atoms with Gasteiger partial charge in [0, 0.05) is 19.6 Å². The van der Waals surface area contributed by atoms with E-state index in [1.807, 2.05) is 17.6 Å². The molecule has 4 rings (SSSR count). The number of rotatable bonds is 6. The third kappa shape index (κ3) is 4.04. The number of sulfonamides is 1. The molecule has 160 valence electrons. The number of imidazole rings is 1. The molecule has 3 aromatic rings.